The third kappa shape index (κ3) is 4.63. The number of benzene rings is 2. The molecule has 1 aliphatic heterocycles. The van der Waals surface area contributed by atoms with Gasteiger partial charge in [-0.2, -0.15) is 0 Å². The average molecular weight is 418 g/mol. The summed E-state index contributed by atoms with van der Waals surface area (Å²) in [7, 11) is 0. The van der Waals surface area contributed by atoms with E-state index in [9.17, 15) is 4.79 Å². The summed E-state index contributed by atoms with van der Waals surface area (Å²) in [6.45, 7) is 0.795. The van der Waals surface area contributed by atoms with Crippen molar-refractivity contribution < 1.29 is 19.0 Å². The lowest BCUT2D eigenvalue weighted by Gasteiger charge is -2.21. The van der Waals surface area contributed by atoms with Crippen LogP contribution in [0.15, 0.2) is 36.4 Å². The molecule has 5 nitrogen and oxygen atoms in total. The molecule has 0 amide bonds. The van der Waals surface area contributed by atoms with E-state index >= 15 is 0 Å². The number of esters is 1. The number of unbranched alkanes of at least 4 members (excludes halogenated alkanes) is 1. The number of rotatable bonds is 7. The summed E-state index contributed by atoms with van der Waals surface area (Å²) in [5.74, 6) is 0.490. The molecule has 0 radical (unpaired) electrons. The second kappa shape index (κ2) is 8.90. The van der Waals surface area contributed by atoms with Crippen LogP contribution in [-0.4, -0.2) is 17.7 Å². The molecule has 0 atom stereocenters. The van der Waals surface area contributed by atoms with E-state index in [4.69, 9.17) is 25.8 Å². The molecular formula is C21H20ClNO4S. The van der Waals surface area contributed by atoms with Gasteiger partial charge in [0, 0.05) is 22.6 Å². The summed E-state index contributed by atoms with van der Waals surface area (Å²) in [5.41, 5.74) is 2.69. The number of ether oxygens (including phenoxy) is 3. The largest absolute Gasteiger partial charge is 0.467 e. The minimum Gasteiger partial charge on any atom is -0.467 e. The Balaban J connectivity index is 1.23. The molecule has 0 fully saturated rings. The Morgan fingerprint density at radius 1 is 1.25 bits per heavy atom. The van der Waals surface area contributed by atoms with Crippen LogP contribution >= 0.6 is 22.9 Å². The standard InChI is InChI=1S/C21H20ClNO4S/c22-16-9-14-11-25-13-27-21(14)15(10-16)12-26-20(24)8-4-3-7-19-23-17-5-1-2-6-18(17)28-19/h1-2,5-6,9-10H,3-4,7-8,11-13H2. The Morgan fingerprint density at radius 3 is 3.04 bits per heavy atom. The van der Waals surface area contributed by atoms with Gasteiger partial charge in [-0.1, -0.05) is 23.7 Å². The lowest BCUT2D eigenvalue weighted by Crippen LogP contribution is -2.14. The average Bonchev–Trinajstić information content (AvgIpc) is 3.12. The van der Waals surface area contributed by atoms with Crippen molar-refractivity contribution in [2.45, 2.75) is 38.9 Å². The van der Waals surface area contributed by atoms with Gasteiger partial charge >= 0.3 is 5.97 Å². The molecule has 0 N–H and O–H groups in total. The van der Waals surface area contributed by atoms with Crippen molar-refractivity contribution in [2.24, 2.45) is 0 Å². The van der Waals surface area contributed by atoms with E-state index in [2.05, 4.69) is 11.1 Å². The first-order chi connectivity index (χ1) is 13.7. The topological polar surface area (TPSA) is 57.7 Å². The minimum atomic E-state index is -0.218. The molecule has 7 heteroatoms. The van der Waals surface area contributed by atoms with E-state index in [0.717, 1.165) is 40.9 Å². The number of halogens is 1. The highest BCUT2D eigenvalue weighted by molar-refractivity contribution is 7.18. The molecule has 2 heterocycles. The summed E-state index contributed by atoms with van der Waals surface area (Å²) in [6.07, 6.45) is 2.94. The Hall–Kier alpha value is -2.15. The van der Waals surface area contributed by atoms with Gasteiger partial charge in [-0.25, -0.2) is 4.98 Å². The number of carbonyl (C=O) groups is 1. The molecule has 1 aliphatic rings. The van der Waals surface area contributed by atoms with Crippen LogP contribution in [0.1, 0.15) is 35.4 Å². The zero-order chi connectivity index (χ0) is 19.3. The van der Waals surface area contributed by atoms with E-state index in [0.29, 0.717) is 23.8 Å². The van der Waals surface area contributed by atoms with Crippen LogP contribution in [0.5, 0.6) is 5.75 Å². The molecular weight excluding hydrogens is 398 g/mol. The first kappa shape index (κ1) is 19.2. The Kier molecular flexibility index (Phi) is 6.10. The van der Waals surface area contributed by atoms with Crippen molar-refractivity contribution in [3.8, 4) is 5.75 Å². The maximum Gasteiger partial charge on any atom is 0.306 e. The second-order valence-electron chi connectivity index (χ2n) is 6.61. The van der Waals surface area contributed by atoms with Gasteiger partial charge in [0.2, 0.25) is 0 Å². The zero-order valence-corrected chi connectivity index (χ0v) is 16.9. The quantitative estimate of drug-likeness (QED) is 0.387. The third-order valence-corrected chi connectivity index (χ3v) is 5.81. The maximum atomic E-state index is 12.1. The Bertz CT molecular complexity index is 955. The van der Waals surface area contributed by atoms with Gasteiger partial charge in [-0.15, -0.1) is 11.3 Å². The molecule has 4 rings (SSSR count). The number of thiazole rings is 1. The molecule has 0 aliphatic carbocycles. The summed E-state index contributed by atoms with van der Waals surface area (Å²) in [5, 5.41) is 1.69. The van der Waals surface area contributed by atoms with Gasteiger partial charge in [0.1, 0.15) is 12.4 Å². The van der Waals surface area contributed by atoms with E-state index in [1.807, 2.05) is 24.3 Å². The highest BCUT2D eigenvalue weighted by Gasteiger charge is 2.17. The van der Waals surface area contributed by atoms with Crippen LogP contribution in [0.4, 0.5) is 0 Å². The first-order valence-electron chi connectivity index (χ1n) is 9.21. The molecule has 146 valence electrons. The molecule has 0 unspecified atom stereocenters. The van der Waals surface area contributed by atoms with Gasteiger partial charge < -0.3 is 14.2 Å². The molecule has 28 heavy (non-hydrogen) atoms. The zero-order valence-electron chi connectivity index (χ0n) is 15.3. The van der Waals surface area contributed by atoms with Crippen LogP contribution in [0.3, 0.4) is 0 Å². The lowest BCUT2D eigenvalue weighted by molar-refractivity contribution is -0.145. The summed E-state index contributed by atoms with van der Waals surface area (Å²) in [4.78, 5) is 16.7. The number of carbonyl (C=O) groups excluding carboxylic acids is 1. The fourth-order valence-corrected chi connectivity index (χ4v) is 4.44. The van der Waals surface area contributed by atoms with Gasteiger partial charge in [0.05, 0.1) is 21.8 Å². The Labute approximate surface area is 172 Å². The maximum absolute atomic E-state index is 12.1. The SMILES string of the molecule is O=C(CCCCc1nc2ccccc2s1)OCc1cc(Cl)cc2c1OCOC2. The molecule has 0 spiro atoms. The van der Waals surface area contributed by atoms with Crippen molar-refractivity contribution in [1.29, 1.82) is 0 Å². The molecule has 0 saturated carbocycles. The van der Waals surface area contributed by atoms with Crippen molar-refractivity contribution >= 4 is 39.1 Å². The van der Waals surface area contributed by atoms with Crippen LogP contribution < -0.4 is 4.74 Å². The third-order valence-electron chi connectivity index (χ3n) is 4.50. The van der Waals surface area contributed by atoms with Crippen LogP contribution in [0, 0.1) is 0 Å². The number of aryl methyl sites for hydroxylation is 1. The van der Waals surface area contributed by atoms with E-state index < -0.39 is 0 Å². The monoisotopic (exact) mass is 417 g/mol. The highest BCUT2D eigenvalue weighted by atomic mass is 35.5. The van der Waals surface area contributed by atoms with Crippen LogP contribution in [0.25, 0.3) is 10.2 Å². The summed E-state index contributed by atoms with van der Waals surface area (Å²) in [6, 6.07) is 11.7. The molecule has 0 saturated heterocycles. The summed E-state index contributed by atoms with van der Waals surface area (Å²) >= 11 is 7.84. The number of hydrogen-bond acceptors (Lipinski definition) is 6. The van der Waals surface area contributed by atoms with Crippen molar-refractivity contribution in [1.82, 2.24) is 4.98 Å². The van der Waals surface area contributed by atoms with Gasteiger partial charge in [0.25, 0.3) is 0 Å². The molecule has 0 bridgehead atoms. The second-order valence-corrected chi connectivity index (χ2v) is 8.16. The van der Waals surface area contributed by atoms with Crippen LogP contribution in [-0.2, 0) is 33.9 Å². The van der Waals surface area contributed by atoms with Gasteiger partial charge in [-0.3, -0.25) is 4.79 Å². The number of aromatic nitrogens is 1. The fraction of sp³-hybridized carbons (Fsp3) is 0.333. The van der Waals surface area contributed by atoms with Gasteiger partial charge in [0.15, 0.2) is 6.79 Å². The summed E-state index contributed by atoms with van der Waals surface area (Å²) < 4.78 is 17.4. The lowest BCUT2D eigenvalue weighted by atomic mass is 10.1. The van der Waals surface area contributed by atoms with Crippen molar-refractivity contribution in [3.63, 3.8) is 0 Å². The predicted molar refractivity (Wildman–Crippen MR) is 109 cm³/mol. The van der Waals surface area contributed by atoms with Crippen LogP contribution in [0.2, 0.25) is 5.02 Å². The minimum absolute atomic E-state index is 0.152. The fourth-order valence-electron chi connectivity index (χ4n) is 3.17. The van der Waals surface area contributed by atoms with Gasteiger partial charge in [-0.05, 0) is 43.5 Å². The predicted octanol–water partition coefficient (Wildman–Crippen LogP) is 5.27. The smallest absolute Gasteiger partial charge is 0.306 e. The van der Waals surface area contributed by atoms with Crippen molar-refractivity contribution in [2.75, 3.05) is 6.79 Å². The highest BCUT2D eigenvalue weighted by Crippen LogP contribution is 2.32. The van der Waals surface area contributed by atoms with E-state index in [1.165, 1.54) is 4.70 Å². The van der Waals surface area contributed by atoms with E-state index in [-0.39, 0.29) is 19.4 Å². The molecule has 2 aromatic carbocycles. The normalized spacial score (nSPS) is 13.2. The van der Waals surface area contributed by atoms with E-state index in [1.54, 1.807) is 17.4 Å². The number of hydrogen-bond donors (Lipinski definition) is 0. The number of fused-ring (bicyclic) bond motifs is 2. The first-order valence-corrected chi connectivity index (χ1v) is 10.4. The number of nitrogens with zero attached hydrogens (tertiary/aromatic N) is 1. The Morgan fingerprint density at radius 2 is 2.14 bits per heavy atom. The number of para-hydroxylation sites is 1. The molecule has 3 aromatic rings. The van der Waals surface area contributed by atoms with Crippen molar-refractivity contribution in [3.05, 3.63) is 57.6 Å². The molecule has 1 aromatic heterocycles.